The molecule has 0 aliphatic rings. The second kappa shape index (κ2) is 10.3. The molecule has 2 heterocycles. The van der Waals surface area contributed by atoms with Gasteiger partial charge < -0.3 is 15.0 Å². The van der Waals surface area contributed by atoms with Gasteiger partial charge in [0.2, 0.25) is 5.91 Å². The number of amides is 2. The fourth-order valence-electron chi connectivity index (χ4n) is 3.54. The Morgan fingerprint density at radius 2 is 1.88 bits per heavy atom. The van der Waals surface area contributed by atoms with Crippen molar-refractivity contribution in [3.63, 3.8) is 0 Å². The Hall–Kier alpha value is -3.98. The van der Waals surface area contributed by atoms with Gasteiger partial charge in [0, 0.05) is 41.4 Å². The molecule has 34 heavy (non-hydrogen) atoms. The predicted octanol–water partition coefficient (Wildman–Crippen LogP) is 3.83. The van der Waals surface area contributed by atoms with Gasteiger partial charge in [-0.1, -0.05) is 48.0 Å². The summed E-state index contributed by atoms with van der Waals surface area (Å²) in [4.78, 5) is 44.2. The zero-order valence-electron chi connectivity index (χ0n) is 18.8. The van der Waals surface area contributed by atoms with Crippen molar-refractivity contribution in [2.75, 3.05) is 11.9 Å². The van der Waals surface area contributed by atoms with Crippen molar-refractivity contribution in [3.8, 4) is 11.3 Å². The number of H-pyrrole nitrogens is 1. The van der Waals surface area contributed by atoms with Gasteiger partial charge in [-0.2, -0.15) is 0 Å². The van der Waals surface area contributed by atoms with Crippen LogP contribution in [-0.4, -0.2) is 40.4 Å². The lowest BCUT2D eigenvalue weighted by atomic mass is 10.0. The molecule has 8 nitrogen and oxygen atoms in total. The van der Waals surface area contributed by atoms with Crippen molar-refractivity contribution in [2.45, 2.75) is 26.3 Å². The van der Waals surface area contributed by atoms with Crippen LogP contribution in [0.4, 0.5) is 5.13 Å². The summed E-state index contributed by atoms with van der Waals surface area (Å²) < 4.78 is 5.21. The first-order chi connectivity index (χ1) is 16.4. The molecule has 4 rings (SSSR count). The molecule has 0 radical (unpaired) electrons. The molecular weight excluding hydrogens is 452 g/mol. The maximum absolute atomic E-state index is 12.7. The van der Waals surface area contributed by atoms with Crippen molar-refractivity contribution in [2.24, 2.45) is 0 Å². The molecule has 174 valence electrons. The highest BCUT2D eigenvalue weighted by Crippen LogP contribution is 2.25. The number of rotatable bonds is 8. The molecule has 0 saturated carbocycles. The van der Waals surface area contributed by atoms with Crippen molar-refractivity contribution in [1.82, 2.24) is 15.3 Å². The highest BCUT2D eigenvalue weighted by atomic mass is 32.1. The Morgan fingerprint density at radius 3 is 2.65 bits per heavy atom. The van der Waals surface area contributed by atoms with Crippen molar-refractivity contribution in [3.05, 3.63) is 71.2 Å². The summed E-state index contributed by atoms with van der Waals surface area (Å²) in [7, 11) is 0. The van der Waals surface area contributed by atoms with Gasteiger partial charge in [0.15, 0.2) is 11.7 Å². The number of benzene rings is 2. The fourth-order valence-corrected chi connectivity index (χ4v) is 4.28. The Balaban J connectivity index is 1.35. The van der Waals surface area contributed by atoms with E-state index in [0.717, 1.165) is 33.3 Å². The number of carbonyl (C=O) groups excluding carboxylic acids is 3. The lowest BCUT2D eigenvalue weighted by molar-refractivity contribution is -0.150. The summed E-state index contributed by atoms with van der Waals surface area (Å²) in [5, 5.41) is 8.47. The number of hydrogen-bond donors (Lipinski definition) is 3. The Morgan fingerprint density at radius 1 is 1.12 bits per heavy atom. The fraction of sp³-hybridized carbons (Fsp3) is 0.200. The molecule has 0 spiro atoms. The van der Waals surface area contributed by atoms with Crippen LogP contribution in [0.5, 0.6) is 0 Å². The number of fused-ring (bicyclic) bond motifs is 1. The van der Waals surface area contributed by atoms with E-state index in [-0.39, 0.29) is 12.3 Å². The van der Waals surface area contributed by atoms with E-state index in [2.05, 4.69) is 20.6 Å². The van der Waals surface area contributed by atoms with Gasteiger partial charge in [0.25, 0.3) is 5.91 Å². The van der Waals surface area contributed by atoms with Gasteiger partial charge in [-0.25, -0.2) is 9.78 Å². The number of aromatic nitrogens is 2. The standard InChI is InChI=1S/C25H24N4O4S/c1-15-7-9-17(10-8-15)22-14-34-25(28-22)29-23(31)13-33-24(32)21(27-16(2)30)11-18-12-26-20-6-4-3-5-19(18)20/h3-10,12,14,21,26H,11,13H2,1-2H3,(H,27,30)(H,28,29,31)/t21-/m0/s1. The van der Waals surface area contributed by atoms with Crippen LogP contribution in [0.2, 0.25) is 0 Å². The molecule has 0 aliphatic carbocycles. The van der Waals surface area contributed by atoms with E-state index in [0.29, 0.717) is 5.13 Å². The van der Waals surface area contributed by atoms with E-state index in [1.165, 1.54) is 18.3 Å². The van der Waals surface area contributed by atoms with E-state index in [9.17, 15) is 14.4 Å². The highest BCUT2D eigenvalue weighted by molar-refractivity contribution is 7.14. The van der Waals surface area contributed by atoms with Gasteiger partial charge in [-0.15, -0.1) is 11.3 Å². The molecule has 0 fully saturated rings. The third-order valence-corrected chi connectivity index (χ3v) is 5.96. The largest absolute Gasteiger partial charge is 0.454 e. The number of aryl methyl sites for hydroxylation is 1. The molecule has 0 bridgehead atoms. The van der Waals surface area contributed by atoms with E-state index in [1.807, 2.05) is 60.8 Å². The molecule has 2 amide bonds. The summed E-state index contributed by atoms with van der Waals surface area (Å²) >= 11 is 1.29. The summed E-state index contributed by atoms with van der Waals surface area (Å²) in [6, 6.07) is 14.7. The maximum atomic E-state index is 12.7. The average Bonchev–Trinajstić information content (AvgIpc) is 3.44. The third kappa shape index (κ3) is 5.68. The number of aromatic amines is 1. The number of esters is 1. The summed E-state index contributed by atoms with van der Waals surface area (Å²) in [6.45, 7) is 2.85. The lowest BCUT2D eigenvalue weighted by Gasteiger charge is -2.16. The van der Waals surface area contributed by atoms with Crippen molar-refractivity contribution >= 4 is 45.2 Å². The summed E-state index contributed by atoms with van der Waals surface area (Å²) in [5.41, 5.74) is 4.64. The first-order valence-corrected chi connectivity index (χ1v) is 11.6. The molecule has 0 aliphatic heterocycles. The second-order valence-corrected chi connectivity index (χ2v) is 8.73. The van der Waals surface area contributed by atoms with E-state index < -0.39 is 24.5 Å². The molecular formula is C25H24N4O4S. The van der Waals surface area contributed by atoms with E-state index in [4.69, 9.17) is 4.74 Å². The smallest absolute Gasteiger partial charge is 0.329 e. The topological polar surface area (TPSA) is 113 Å². The highest BCUT2D eigenvalue weighted by Gasteiger charge is 2.24. The molecule has 4 aromatic rings. The average molecular weight is 477 g/mol. The number of para-hydroxylation sites is 1. The Labute approximate surface area is 200 Å². The number of nitrogens with one attached hydrogen (secondary N) is 3. The first kappa shape index (κ1) is 23.2. The minimum absolute atomic E-state index is 0.233. The normalized spacial score (nSPS) is 11.7. The van der Waals surface area contributed by atoms with Crippen LogP contribution in [0.25, 0.3) is 22.2 Å². The van der Waals surface area contributed by atoms with Crippen LogP contribution >= 0.6 is 11.3 Å². The van der Waals surface area contributed by atoms with E-state index >= 15 is 0 Å². The maximum Gasteiger partial charge on any atom is 0.329 e. The van der Waals surface area contributed by atoms with Gasteiger partial charge in [0.1, 0.15) is 6.04 Å². The predicted molar refractivity (Wildman–Crippen MR) is 131 cm³/mol. The number of anilines is 1. The van der Waals surface area contributed by atoms with E-state index in [1.54, 1.807) is 6.20 Å². The Kier molecular flexibility index (Phi) is 7.03. The summed E-state index contributed by atoms with van der Waals surface area (Å²) in [6.07, 6.45) is 2.03. The van der Waals surface area contributed by atoms with Crippen LogP contribution in [-0.2, 0) is 25.5 Å². The number of thiazole rings is 1. The number of ether oxygens (including phenoxy) is 1. The molecule has 1 atom stereocenters. The van der Waals surface area contributed by atoms with Crippen molar-refractivity contribution < 1.29 is 19.1 Å². The molecule has 3 N–H and O–H groups in total. The first-order valence-electron chi connectivity index (χ1n) is 10.7. The number of hydrogen-bond acceptors (Lipinski definition) is 6. The SMILES string of the molecule is CC(=O)N[C@@H](Cc1c[nH]c2ccccc12)C(=O)OCC(=O)Nc1nc(-c2ccc(C)cc2)cs1. The van der Waals surface area contributed by atoms with Crippen LogP contribution < -0.4 is 10.6 Å². The minimum atomic E-state index is -0.919. The van der Waals surface area contributed by atoms with Gasteiger partial charge in [0.05, 0.1) is 5.69 Å². The van der Waals surface area contributed by atoms with Crippen LogP contribution in [0, 0.1) is 6.92 Å². The number of nitrogens with zero attached hydrogens (tertiary/aromatic N) is 1. The summed E-state index contributed by atoms with van der Waals surface area (Å²) in [5.74, 6) is -1.56. The van der Waals surface area contributed by atoms with Gasteiger partial charge in [-0.3, -0.25) is 14.9 Å². The molecule has 2 aromatic heterocycles. The third-order valence-electron chi connectivity index (χ3n) is 5.20. The quantitative estimate of drug-likeness (QED) is 0.335. The van der Waals surface area contributed by atoms with Crippen LogP contribution in [0.15, 0.2) is 60.1 Å². The molecule has 0 unspecified atom stereocenters. The van der Waals surface area contributed by atoms with Crippen molar-refractivity contribution in [1.29, 1.82) is 0 Å². The van der Waals surface area contributed by atoms with Gasteiger partial charge >= 0.3 is 5.97 Å². The minimum Gasteiger partial charge on any atom is -0.454 e. The Bertz CT molecular complexity index is 1330. The zero-order valence-corrected chi connectivity index (χ0v) is 19.6. The lowest BCUT2D eigenvalue weighted by Crippen LogP contribution is -2.43. The molecule has 9 heteroatoms. The molecule has 2 aromatic carbocycles. The van der Waals surface area contributed by atoms with Crippen LogP contribution in [0.1, 0.15) is 18.1 Å². The van der Waals surface area contributed by atoms with Gasteiger partial charge in [-0.05, 0) is 18.6 Å². The zero-order chi connectivity index (χ0) is 24.1. The second-order valence-electron chi connectivity index (χ2n) is 7.88. The van der Waals surface area contributed by atoms with Crippen LogP contribution in [0.3, 0.4) is 0 Å². The molecule has 0 saturated heterocycles. The number of carbonyl (C=O) groups is 3. The monoisotopic (exact) mass is 476 g/mol.